The van der Waals surface area contributed by atoms with E-state index in [-0.39, 0.29) is 18.0 Å². The van der Waals surface area contributed by atoms with Crippen LogP contribution in [0.15, 0.2) is 23.1 Å². The van der Waals surface area contributed by atoms with Gasteiger partial charge in [-0.1, -0.05) is 11.6 Å². The van der Waals surface area contributed by atoms with Crippen molar-refractivity contribution in [3.8, 4) is 0 Å². The Balaban J connectivity index is 2.68. The first-order valence-electron chi connectivity index (χ1n) is 5.63. The highest BCUT2D eigenvalue weighted by molar-refractivity contribution is 7.89. The maximum Gasteiger partial charge on any atom is 0.244 e. The van der Waals surface area contributed by atoms with Crippen LogP contribution >= 0.6 is 22.9 Å². The molecule has 2 aromatic rings. The lowest BCUT2D eigenvalue weighted by molar-refractivity contribution is 0.266. The fourth-order valence-corrected chi connectivity index (χ4v) is 4.97. The highest BCUT2D eigenvalue weighted by atomic mass is 35.5. The van der Waals surface area contributed by atoms with E-state index in [1.165, 1.54) is 18.4 Å². The van der Waals surface area contributed by atoms with Gasteiger partial charge in [-0.05, 0) is 25.1 Å². The summed E-state index contributed by atoms with van der Waals surface area (Å²) in [7, 11) is -2.15. The Labute approximate surface area is 121 Å². The van der Waals surface area contributed by atoms with Gasteiger partial charge in [0.15, 0.2) is 0 Å². The number of nitrogens with zero attached hydrogens (tertiary/aromatic N) is 1. The molecule has 1 aromatic heterocycles. The lowest BCUT2D eigenvalue weighted by Gasteiger charge is -2.16. The van der Waals surface area contributed by atoms with Gasteiger partial charge < -0.3 is 5.11 Å². The number of aryl methyl sites for hydroxylation is 1. The third-order valence-electron chi connectivity index (χ3n) is 2.85. The van der Waals surface area contributed by atoms with E-state index in [1.807, 2.05) is 6.07 Å². The van der Waals surface area contributed by atoms with Crippen LogP contribution in [0.4, 0.5) is 0 Å². The molecular weight excluding hydrogens is 306 g/mol. The molecule has 0 atom stereocenters. The highest BCUT2D eigenvalue weighted by Crippen LogP contribution is 2.36. The molecule has 0 saturated heterocycles. The van der Waals surface area contributed by atoms with Crippen LogP contribution in [0.1, 0.15) is 4.88 Å². The summed E-state index contributed by atoms with van der Waals surface area (Å²) in [5.74, 6) is 0. The molecule has 0 fully saturated rings. The fourth-order valence-electron chi connectivity index (χ4n) is 1.91. The molecule has 0 aliphatic rings. The number of aliphatic hydroxyl groups is 1. The first kappa shape index (κ1) is 14.7. The molecule has 0 saturated carbocycles. The van der Waals surface area contributed by atoms with Gasteiger partial charge in [-0.15, -0.1) is 11.3 Å². The van der Waals surface area contributed by atoms with E-state index in [1.54, 1.807) is 19.1 Å². The predicted molar refractivity (Wildman–Crippen MR) is 78.5 cm³/mol. The number of benzene rings is 1. The maximum atomic E-state index is 12.5. The molecule has 1 aromatic carbocycles. The van der Waals surface area contributed by atoms with Gasteiger partial charge in [-0.2, -0.15) is 4.31 Å². The molecule has 4 nitrogen and oxygen atoms in total. The van der Waals surface area contributed by atoms with Crippen LogP contribution in [-0.4, -0.2) is 38.0 Å². The monoisotopic (exact) mass is 319 g/mol. The summed E-state index contributed by atoms with van der Waals surface area (Å²) in [6.45, 7) is 1.63. The van der Waals surface area contributed by atoms with Crippen LogP contribution < -0.4 is 0 Å². The van der Waals surface area contributed by atoms with E-state index in [0.29, 0.717) is 10.4 Å². The average molecular weight is 320 g/mol. The molecule has 0 aliphatic carbocycles. The van der Waals surface area contributed by atoms with Gasteiger partial charge in [-0.25, -0.2) is 8.42 Å². The third-order valence-corrected chi connectivity index (χ3v) is 6.35. The lowest BCUT2D eigenvalue weighted by Crippen LogP contribution is -2.29. The molecule has 0 aliphatic heterocycles. The minimum absolute atomic E-state index is 0.0691. The van der Waals surface area contributed by atoms with Gasteiger partial charge in [0.1, 0.15) is 4.90 Å². The topological polar surface area (TPSA) is 57.6 Å². The second-order valence-electron chi connectivity index (χ2n) is 4.18. The summed E-state index contributed by atoms with van der Waals surface area (Å²) < 4.78 is 27.1. The van der Waals surface area contributed by atoms with Gasteiger partial charge in [-0.3, -0.25) is 0 Å². The van der Waals surface area contributed by atoms with Crippen LogP contribution in [0, 0.1) is 6.92 Å². The van der Waals surface area contributed by atoms with Crippen molar-refractivity contribution < 1.29 is 13.5 Å². The zero-order valence-electron chi connectivity index (χ0n) is 10.6. The zero-order chi connectivity index (χ0) is 14.2. The van der Waals surface area contributed by atoms with Crippen molar-refractivity contribution >= 4 is 43.0 Å². The molecule has 0 unspecified atom stereocenters. The summed E-state index contributed by atoms with van der Waals surface area (Å²) in [5.41, 5.74) is 0. The van der Waals surface area contributed by atoms with Crippen LogP contribution in [0.5, 0.6) is 0 Å². The van der Waals surface area contributed by atoms with Crippen molar-refractivity contribution in [1.29, 1.82) is 0 Å². The number of thiophene rings is 1. The Morgan fingerprint density at radius 2 is 2.11 bits per heavy atom. The quantitative estimate of drug-likeness (QED) is 0.942. The van der Waals surface area contributed by atoms with Crippen molar-refractivity contribution in [1.82, 2.24) is 4.31 Å². The van der Waals surface area contributed by atoms with Gasteiger partial charge in [0.2, 0.25) is 10.0 Å². The number of fused-ring (bicyclic) bond motifs is 1. The molecule has 0 amide bonds. The van der Waals surface area contributed by atoms with Gasteiger partial charge in [0.05, 0.1) is 6.61 Å². The number of hydrogen-bond acceptors (Lipinski definition) is 4. The second-order valence-corrected chi connectivity index (χ2v) is 7.85. The first-order valence-corrected chi connectivity index (χ1v) is 8.27. The summed E-state index contributed by atoms with van der Waals surface area (Å²) in [6, 6.07) is 5.23. The average Bonchev–Trinajstić information content (AvgIpc) is 2.65. The van der Waals surface area contributed by atoms with Crippen molar-refractivity contribution in [2.45, 2.75) is 11.8 Å². The summed E-state index contributed by atoms with van der Waals surface area (Å²) >= 11 is 7.37. The van der Waals surface area contributed by atoms with E-state index in [4.69, 9.17) is 16.7 Å². The highest BCUT2D eigenvalue weighted by Gasteiger charge is 2.26. The Hall–Kier alpha value is -0.660. The summed E-state index contributed by atoms with van der Waals surface area (Å²) in [4.78, 5) is 1.01. The minimum Gasteiger partial charge on any atom is -0.395 e. The number of aliphatic hydroxyl groups excluding tert-OH is 1. The van der Waals surface area contributed by atoms with E-state index in [2.05, 4.69) is 0 Å². The minimum atomic E-state index is -3.61. The molecule has 104 valence electrons. The van der Waals surface area contributed by atoms with E-state index < -0.39 is 10.0 Å². The molecule has 1 heterocycles. The Bertz CT molecular complexity index is 709. The number of hydrogen-bond donors (Lipinski definition) is 1. The smallest absolute Gasteiger partial charge is 0.244 e. The zero-order valence-corrected chi connectivity index (χ0v) is 12.9. The van der Waals surface area contributed by atoms with Gasteiger partial charge in [0, 0.05) is 33.6 Å². The Morgan fingerprint density at radius 3 is 2.74 bits per heavy atom. The predicted octanol–water partition coefficient (Wildman–Crippen LogP) is 2.48. The van der Waals surface area contributed by atoms with Crippen LogP contribution in [0.25, 0.3) is 10.1 Å². The Morgan fingerprint density at radius 1 is 1.42 bits per heavy atom. The van der Waals surface area contributed by atoms with Crippen LogP contribution in [0.3, 0.4) is 0 Å². The van der Waals surface area contributed by atoms with Crippen molar-refractivity contribution in [2.24, 2.45) is 0 Å². The number of likely N-dealkylation sites (N-methyl/N-ethyl adjacent to an activating group) is 1. The molecule has 1 N–H and O–H groups in total. The van der Waals surface area contributed by atoms with E-state index in [0.717, 1.165) is 13.9 Å². The van der Waals surface area contributed by atoms with E-state index >= 15 is 0 Å². The SMILES string of the molecule is Cc1sc2ccc(Cl)cc2c1S(=O)(=O)N(C)CCO. The van der Waals surface area contributed by atoms with Gasteiger partial charge >= 0.3 is 0 Å². The third kappa shape index (κ3) is 2.64. The second kappa shape index (κ2) is 5.38. The number of sulfonamides is 1. The molecule has 7 heteroatoms. The molecular formula is C12H14ClNO3S2. The maximum absolute atomic E-state index is 12.5. The van der Waals surface area contributed by atoms with Crippen LogP contribution in [-0.2, 0) is 10.0 Å². The molecule has 0 spiro atoms. The molecule has 19 heavy (non-hydrogen) atoms. The first-order chi connectivity index (χ1) is 8.87. The molecule has 2 rings (SSSR count). The summed E-state index contributed by atoms with van der Waals surface area (Å²) in [5, 5.41) is 10.0. The Kier molecular flexibility index (Phi) is 4.17. The van der Waals surface area contributed by atoms with E-state index in [9.17, 15) is 8.42 Å². The normalized spacial score (nSPS) is 12.5. The van der Waals surface area contributed by atoms with Crippen LogP contribution in [0.2, 0.25) is 5.02 Å². The van der Waals surface area contributed by atoms with Crippen molar-refractivity contribution in [2.75, 3.05) is 20.2 Å². The van der Waals surface area contributed by atoms with Gasteiger partial charge in [0.25, 0.3) is 0 Å². The fraction of sp³-hybridized carbons (Fsp3) is 0.333. The van der Waals surface area contributed by atoms with Crippen molar-refractivity contribution in [3.05, 3.63) is 28.1 Å². The molecule has 0 radical (unpaired) electrons. The standard InChI is InChI=1S/C12H14ClNO3S2/c1-8-12(19(16,17)14(2)5-6-15)10-7-9(13)3-4-11(10)18-8/h3-4,7,15H,5-6H2,1-2H3. The van der Waals surface area contributed by atoms with Crippen molar-refractivity contribution in [3.63, 3.8) is 0 Å². The summed E-state index contributed by atoms with van der Waals surface area (Å²) in [6.07, 6.45) is 0. The molecule has 0 bridgehead atoms. The largest absolute Gasteiger partial charge is 0.395 e. The number of halogens is 1. The number of rotatable bonds is 4. The lowest BCUT2D eigenvalue weighted by atomic mass is 10.2.